The molecule has 0 radical (unpaired) electrons. The fourth-order valence-corrected chi connectivity index (χ4v) is 6.84. The van der Waals surface area contributed by atoms with Gasteiger partial charge in [-0.1, -0.05) is 12.1 Å². The molecule has 6 rings (SSSR count). The molecule has 0 saturated carbocycles. The first-order chi connectivity index (χ1) is 25.6. The molecule has 7 nitrogen and oxygen atoms in total. The van der Waals surface area contributed by atoms with Crippen molar-refractivity contribution < 1.29 is 62.9 Å². The third kappa shape index (κ3) is 8.20. The minimum Gasteiger partial charge on any atom is -0.457 e. The van der Waals surface area contributed by atoms with Crippen molar-refractivity contribution in [3.63, 3.8) is 0 Å². The molecule has 1 saturated heterocycles. The van der Waals surface area contributed by atoms with Crippen molar-refractivity contribution in [2.45, 2.75) is 56.5 Å². The van der Waals surface area contributed by atoms with E-state index in [4.69, 9.17) is 4.74 Å². The zero-order valence-electron chi connectivity index (χ0n) is 28.5. The molecule has 2 atom stereocenters. The van der Waals surface area contributed by atoms with Gasteiger partial charge < -0.3 is 15.2 Å². The fraction of sp³-hybridized carbons (Fsp3) is 0.351. The number of carbonyl (C=O) groups excluding carboxylic acids is 1. The molecule has 2 N–H and O–H groups in total. The lowest BCUT2D eigenvalue weighted by molar-refractivity contribution is -0.140. The number of fused-ring (bicyclic) bond motifs is 6. The second kappa shape index (κ2) is 14.6. The van der Waals surface area contributed by atoms with E-state index in [1.54, 1.807) is 0 Å². The number of likely N-dealkylation sites (tertiary alicyclic amines) is 1. The number of benzene rings is 3. The maximum absolute atomic E-state index is 16.0. The second-order valence-corrected chi connectivity index (χ2v) is 13.3. The number of aromatic nitrogens is 1. The molecule has 3 heterocycles. The molecule has 1 amide bonds. The third-order valence-corrected chi connectivity index (χ3v) is 9.44. The van der Waals surface area contributed by atoms with E-state index in [2.05, 4.69) is 5.32 Å². The molecule has 294 valence electrons. The Hall–Kier alpha value is -4.97. The van der Waals surface area contributed by atoms with Crippen LogP contribution in [0, 0.1) is 12.7 Å². The van der Waals surface area contributed by atoms with Crippen molar-refractivity contribution in [2.24, 2.45) is 0 Å². The number of amides is 1. The summed E-state index contributed by atoms with van der Waals surface area (Å²) in [5, 5.41) is 12.3. The van der Waals surface area contributed by atoms with Gasteiger partial charge in [0.05, 0.1) is 22.7 Å². The van der Waals surface area contributed by atoms with Crippen LogP contribution in [0.15, 0.2) is 65.6 Å². The predicted octanol–water partition coefficient (Wildman–Crippen LogP) is 8.15. The molecule has 18 heteroatoms. The van der Waals surface area contributed by atoms with Crippen LogP contribution < -0.4 is 15.6 Å². The number of halogens is 11. The van der Waals surface area contributed by atoms with Crippen molar-refractivity contribution in [1.82, 2.24) is 14.8 Å². The van der Waals surface area contributed by atoms with E-state index in [1.165, 1.54) is 23.1 Å². The van der Waals surface area contributed by atoms with Crippen molar-refractivity contribution in [2.75, 3.05) is 26.2 Å². The van der Waals surface area contributed by atoms with Crippen LogP contribution in [-0.4, -0.2) is 52.9 Å². The van der Waals surface area contributed by atoms with Gasteiger partial charge in [-0.3, -0.25) is 19.1 Å². The SMILES string of the molecule is Cc1cc(C(F)(F)F)cc2c1-c1cc(c(F)c(C(F)(F)F)c1)[C@H](CCO)NC(=O)[C@@H](n1cc(CCN3CC(F)C3)c(C(F)(F)F)cc1=O)c1cccc(c1)O2. The number of rotatable bonds is 6. The van der Waals surface area contributed by atoms with E-state index in [-0.39, 0.29) is 54.6 Å². The molecular formula is C37H30F11N3O4. The summed E-state index contributed by atoms with van der Waals surface area (Å²) in [5.74, 6) is -4.04. The van der Waals surface area contributed by atoms with Gasteiger partial charge in [-0.15, -0.1) is 0 Å². The van der Waals surface area contributed by atoms with Crippen LogP contribution in [0.4, 0.5) is 48.3 Å². The molecule has 4 bridgehead atoms. The zero-order valence-corrected chi connectivity index (χ0v) is 28.5. The van der Waals surface area contributed by atoms with Gasteiger partial charge in [-0.2, -0.15) is 39.5 Å². The number of aliphatic hydroxyl groups is 1. The fourth-order valence-electron chi connectivity index (χ4n) is 6.84. The monoisotopic (exact) mass is 789 g/mol. The highest BCUT2D eigenvalue weighted by molar-refractivity contribution is 5.85. The topological polar surface area (TPSA) is 83.8 Å². The molecule has 0 unspecified atom stereocenters. The summed E-state index contributed by atoms with van der Waals surface area (Å²) in [5.41, 5.74) is -8.30. The number of hydrogen-bond acceptors (Lipinski definition) is 5. The van der Waals surface area contributed by atoms with Gasteiger partial charge in [0.2, 0.25) is 5.91 Å². The lowest BCUT2D eigenvalue weighted by Crippen LogP contribution is -2.49. The van der Waals surface area contributed by atoms with Gasteiger partial charge in [-0.25, -0.2) is 8.78 Å². The average molecular weight is 790 g/mol. The summed E-state index contributed by atoms with van der Waals surface area (Å²) >= 11 is 0. The smallest absolute Gasteiger partial charge is 0.419 e. The van der Waals surface area contributed by atoms with Gasteiger partial charge in [0.25, 0.3) is 5.56 Å². The molecule has 1 fully saturated rings. The van der Waals surface area contributed by atoms with Crippen molar-refractivity contribution in [3.8, 4) is 22.6 Å². The van der Waals surface area contributed by atoms with Crippen LogP contribution in [-0.2, 0) is 29.7 Å². The Kier molecular flexibility index (Phi) is 10.5. The minimum atomic E-state index is -5.38. The molecular weight excluding hydrogens is 759 g/mol. The standard InChI is InChI=1S/C37H30F11N3O4/c1-18-9-22(35(40,41)42)13-29-31(18)21-11-25(32(39)27(12-21)37(46,47)48)28(6-8-52)49-34(54)33(19-3-2-4-24(10-19)55-29)51-15-20(5-7-50-16-23(38)17-50)26(14-30(51)53)36(43,44)45/h2-4,9-15,23,28,33,52H,5-8,16-17H2,1H3,(H,49,54)/t28-,33-/m0/s1. The maximum Gasteiger partial charge on any atom is 0.419 e. The summed E-state index contributed by atoms with van der Waals surface area (Å²) in [6.07, 6.45) is -16.8. The average Bonchev–Trinajstić information content (AvgIpc) is 3.06. The first-order valence-corrected chi connectivity index (χ1v) is 16.7. The van der Waals surface area contributed by atoms with Crippen LogP contribution in [0.3, 0.4) is 0 Å². The summed E-state index contributed by atoms with van der Waals surface area (Å²) in [6, 6.07) is 3.75. The normalized spacial score (nSPS) is 18.3. The molecule has 2 aliphatic rings. The number of nitrogens with zero attached hydrogens (tertiary/aromatic N) is 2. The number of aliphatic hydroxyl groups excluding tert-OH is 1. The molecule has 55 heavy (non-hydrogen) atoms. The van der Waals surface area contributed by atoms with Crippen molar-refractivity contribution >= 4 is 5.91 Å². The van der Waals surface area contributed by atoms with E-state index in [0.29, 0.717) is 22.8 Å². The summed E-state index contributed by atoms with van der Waals surface area (Å²) in [7, 11) is 0. The quantitative estimate of drug-likeness (QED) is 0.193. The Bertz CT molecular complexity index is 2170. The Labute approximate surface area is 304 Å². The van der Waals surface area contributed by atoms with Gasteiger partial charge >= 0.3 is 18.5 Å². The Morgan fingerprint density at radius 3 is 2.20 bits per heavy atom. The molecule has 0 spiro atoms. The highest BCUT2D eigenvalue weighted by atomic mass is 19.4. The largest absolute Gasteiger partial charge is 0.457 e. The van der Waals surface area contributed by atoms with Crippen LogP contribution >= 0.6 is 0 Å². The van der Waals surface area contributed by atoms with E-state index < -0.39 is 106 Å². The predicted molar refractivity (Wildman–Crippen MR) is 175 cm³/mol. The number of aryl methyl sites for hydroxylation is 1. The minimum absolute atomic E-state index is 0.0357. The highest BCUT2D eigenvalue weighted by Crippen LogP contribution is 2.45. The van der Waals surface area contributed by atoms with Gasteiger partial charge in [-0.05, 0) is 78.4 Å². The lowest BCUT2D eigenvalue weighted by atomic mass is 9.90. The lowest BCUT2D eigenvalue weighted by Gasteiger charge is -2.34. The molecule has 1 aromatic heterocycles. The van der Waals surface area contributed by atoms with E-state index in [0.717, 1.165) is 25.3 Å². The van der Waals surface area contributed by atoms with Crippen LogP contribution in [0.25, 0.3) is 11.1 Å². The van der Waals surface area contributed by atoms with Crippen molar-refractivity contribution in [3.05, 3.63) is 116 Å². The highest BCUT2D eigenvalue weighted by Gasteiger charge is 2.40. The van der Waals surface area contributed by atoms with Gasteiger partial charge in [0, 0.05) is 49.6 Å². The van der Waals surface area contributed by atoms with Crippen molar-refractivity contribution in [1.29, 1.82) is 0 Å². The van der Waals surface area contributed by atoms with Crippen LogP contribution in [0.5, 0.6) is 11.5 Å². The van der Waals surface area contributed by atoms with E-state index in [9.17, 15) is 58.6 Å². The number of ether oxygens (including phenoxy) is 1. The maximum atomic E-state index is 16.0. The molecule has 2 aliphatic heterocycles. The summed E-state index contributed by atoms with van der Waals surface area (Å²) in [4.78, 5) is 29.3. The Morgan fingerprint density at radius 1 is 0.891 bits per heavy atom. The van der Waals surface area contributed by atoms with Gasteiger partial charge in [0.15, 0.2) is 0 Å². The Morgan fingerprint density at radius 2 is 1.58 bits per heavy atom. The van der Waals surface area contributed by atoms with Crippen LogP contribution in [0.1, 0.15) is 57.4 Å². The number of nitrogens with one attached hydrogen (secondary N) is 1. The zero-order chi connectivity index (χ0) is 40.2. The first-order valence-electron chi connectivity index (χ1n) is 16.7. The Balaban J connectivity index is 1.61. The number of hydrogen-bond donors (Lipinski definition) is 2. The third-order valence-electron chi connectivity index (χ3n) is 9.44. The van der Waals surface area contributed by atoms with E-state index >= 15 is 4.39 Å². The molecule has 3 aromatic carbocycles. The van der Waals surface area contributed by atoms with Gasteiger partial charge in [0.1, 0.15) is 29.5 Å². The first kappa shape index (κ1) is 39.7. The number of alkyl halides is 10. The number of carbonyl (C=O) groups is 1. The summed E-state index contributed by atoms with van der Waals surface area (Å²) < 4.78 is 164. The molecule has 4 aromatic rings. The summed E-state index contributed by atoms with van der Waals surface area (Å²) in [6.45, 7) is 0.191. The molecule has 0 aliphatic carbocycles. The van der Waals surface area contributed by atoms with E-state index in [1.807, 2.05) is 0 Å². The van der Waals surface area contributed by atoms with Crippen LogP contribution in [0.2, 0.25) is 0 Å². The second-order valence-electron chi connectivity index (χ2n) is 13.3. The number of pyridine rings is 1.